The highest BCUT2D eigenvalue weighted by Crippen LogP contribution is 2.43. The van der Waals surface area contributed by atoms with Crippen LogP contribution < -0.4 is 0 Å². The molecule has 2 heterocycles. The average molecular weight is 359 g/mol. The van der Waals surface area contributed by atoms with Crippen molar-refractivity contribution in [1.29, 1.82) is 0 Å². The highest BCUT2D eigenvalue weighted by Gasteiger charge is 2.30. The summed E-state index contributed by atoms with van der Waals surface area (Å²) >= 11 is 0. The quantitative estimate of drug-likeness (QED) is 0.549. The van der Waals surface area contributed by atoms with Crippen LogP contribution in [0.1, 0.15) is 62.7 Å². The first-order valence-electron chi connectivity index (χ1n) is 9.94. The molecule has 140 valence electrons. The van der Waals surface area contributed by atoms with Crippen LogP contribution >= 0.6 is 0 Å². The first kappa shape index (κ1) is 18.0. The van der Waals surface area contributed by atoms with Gasteiger partial charge in [0.25, 0.3) is 0 Å². The second-order valence-corrected chi connectivity index (χ2v) is 9.56. The van der Waals surface area contributed by atoms with Gasteiger partial charge in [0.2, 0.25) is 0 Å². The van der Waals surface area contributed by atoms with Crippen LogP contribution in [0.4, 0.5) is 0 Å². The third-order valence-electron chi connectivity index (χ3n) is 5.81. The number of hydrogen-bond acceptors (Lipinski definition) is 1. The van der Waals surface area contributed by atoms with Crippen LogP contribution in [0.25, 0.3) is 11.2 Å². The Kier molecular flexibility index (Phi) is 4.06. The lowest BCUT2D eigenvalue weighted by Crippen LogP contribution is -2.18. The van der Waals surface area contributed by atoms with Crippen molar-refractivity contribution in [1.82, 2.24) is 9.38 Å². The van der Waals surface area contributed by atoms with Crippen molar-refractivity contribution < 1.29 is 0 Å². The van der Waals surface area contributed by atoms with Crippen molar-refractivity contribution in [2.75, 3.05) is 0 Å². The smallest absolute Gasteiger partial charge is 0.140 e. The van der Waals surface area contributed by atoms with Crippen LogP contribution in [0.5, 0.6) is 0 Å². The Morgan fingerprint density at radius 1 is 1.00 bits per heavy atom. The van der Waals surface area contributed by atoms with E-state index in [9.17, 15) is 0 Å². The molecular formula is C25H30N2. The minimum Gasteiger partial charge on any atom is -0.303 e. The standard InChI is InChI=1S/C25H30N2/c1-17-22(24(2,3)4)27-15-9-11-19(23(27)26-17)16-25(5,6)21-14-13-18-10-7-8-12-20(18)21/h7-12,14-15H,13,16H2,1-6H3. The molecule has 2 heteroatoms. The third-order valence-corrected chi connectivity index (χ3v) is 5.81. The van der Waals surface area contributed by atoms with Gasteiger partial charge in [0.15, 0.2) is 0 Å². The highest BCUT2D eigenvalue weighted by atomic mass is 15.0. The van der Waals surface area contributed by atoms with Crippen LogP contribution in [-0.4, -0.2) is 9.38 Å². The van der Waals surface area contributed by atoms with Gasteiger partial charge in [-0.3, -0.25) is 0 Å². The molecule has 1 aliphatic rings. The molecule has 0 fully saturated rings. The van der Waals surface area contributed by atoms with Crippen LogP contribution in [-0.2, 0) is 18.3 Å². The minimum absolute atomic E-state index is 0.0657. The second-order valence-electron chi connectivity index (χ2n) is 9.56. The monoisotopic (exact) mass is 358 g/mol. The normalized spacial score (nSPS) is 14.5. The van der Waals surface area contributed by atoms with E-state index in [0.29, 0.717) is 0 Å². The lowest BCUT2D eigenvalue weighted by atomic mass is 9.77. The van der Waals surface area contributed by atoms with E-state index in [0.717, 1.165) is 24.2 Å². The molecule has 0 N–H and O–H groups in total. The van der Waals surface area contributed by atoms with E-state index in [1.54, 1.807) is 0 Å². The summed E-state index contributed by atoms with van der Waals surface area (Å²) < 4.78 is 2.30. The zero-order chi connectivity index (χ0) is 19.4. The molecule has 3 aromatic rings. The molecule has 0 saturated heterocycles. The van der Waals surface area contributed by atoms with Gasteiger partial charge in [-0.05, 0) is 53.5 Å². The highest BCUT2D eigenvalue weighted by molar-refractivity contribution is 5.77. The lowest BCUT2D eigenvalue weighted by molar-refractivity contribution is 0.499. The molecule has 0 amide bonds. The van der Waals surface area contributed by atoms with Crippen molar-refractivity contribution in [3.05, 3.63) is 76.7 Å². The number of allylic oxidation sites excluding steroid dienone is 2. The van der Waals surface area contributed by atoms with Crippen molar-refractivity contribution >= 4 is 11.2 Å². The molecule has 0 bridgehead atoms. The topological polar surface area (TPSA) is 17.3 Å². The van der Waals surface area contributed by atoms with Gasteiger partial charge in [-0.15, -0.1) is 0 Å². The fourth-order valence-corrected chi connectivity index (χ4v) is 4.77. The third kappa shape index (κ3) is 3.01. The number of aryl methyl sites for hydroxylation is 1. The lowest BCUT2D eigenvalue weighted by Gasteiger charge is -2.28. The zero-order valence-corrected chi connectivity index (χ0v) is 17.4. The van der Waals surface area contributed by atoms with Crippen molar-refractivity contribution in [3.63, 3.8) is 0 Å². The van der Waals surface area contributed by atoms with Gasteiger partial charge in [-0.2, -0.15) is 0 Å². The van der Waals surface area contributed by atoms with Gasteiger partial charge in [-0.25, -0.2) is 4.98 Å². The molecule has 27 heavy (non-hydrogen) atoms. The first-order chi connectivity index (χ1) is 12.7. The summed E-state index contributed by atoms with van der Waals surface area (Å²) in [6.45, 7) is 13.7. The Bertz CT molecular complexity index is 1040. The predicted octanol–water partition coefficient (Wildman–Crippen LogP) is 6.15. The van der Waals surface area contributed by atoms with E-state index in [-0.39, 0.29) is 10.8 Å². The van der Waals surface area contributed by atoms with E-state index >= 15 is 0 Å². The van der Waals surface area contributed by atoms with Crippen molar-refractivity contribution in [2.45, 2.75) is 59.8 Å². The summed E-state index contributed by atoms with van der Waals surface area (Å²) in [6.07, 6.45) is 6.62. The summed E-state index contributed by atoms with van der Waals surface area (Å²) in [7, 11) is 0. The number of benzene rings is 1. The van der Waals surface area contributed by atoms with Crippen LogP contribution in [0.2, 0.25) is 0 Å². The Morgan fingerprint density at radius 2 is 1.74 bits per heavy atom. The molecule has 0 radical (unpaired) electrons. The van der Waals surface area contributed by atoms with Gasteiger partial charge in [-0.1, -0.05) is 71.0 Å². The molecule has 4 rings (SSSR count). The summed E-state index contributed by atoms with van der Waals surface area (Å²) in [5, 5.41) is 0. The van der Waals surface area contributed by atoms with Gasteiger partial charge in [0, 0.05) is 11.6 Å². The molecule has 0 unspecified atom stereocenters. The van der Waals surface area contributed by atoms with Crippen LogP contribution in [0.15, 0.2) is 48.7 Å². The van der Waals surface area contributed by atoms with E-state index in [4.69, 9.17) is 4.98 Å². The number of fused-ring (bicyclic) bond motifs is 2. The fourth-order valence-electron chi connectivity index (χ4n) is 4.77. The number of imidazole rings is 1. The van der Waals surface area contributed by atoms with Gasteiger partial charge in [0.05, 0.1) is 11.4 Å². The maximum Gasteiger partial charge on any atom is 0.140 e. The largest absolute Gasteiger partial charge is 0.303 e. The Labute approximate surface area is 163 Å². The van der Waals surface area contributed by atoms with Gasteiger partial charge >= 0.3 is 0 Å². The maximum atomic E-state index is 4.98. The molecule has 1 aliphatic carbocycles. The van der Waals surface area contributed by atoms with E-state index in [2.05, 4.69) is 94.6 Å². The zero-order valence-electron chi connectivity index (χ0n) is 17.4. The second kappa shape index (κ2) is 6.09. The molecule has 0 saturated carbocycles. The Balaban J connectivity index is 1.76. The number of hydrogen-bond donors (Lipinski definition) is 0. The molecule has 1 aromatic carbocycles. The molecular weight excluding hydrogens is 328 g/mol. The van der Waals surface area contributed by atoms with Gasteiger partial charge in [0.1, 0.15) is 5.65 Å². The number of pyridine rings is 1. The Morgan fingerprint density at radius 3 is 2.48 bits per heavy atom. The summed E-state index contributed by atoms with van der Waals surface area (Å²) in [5.41, 5.74) is 9.36. The predicted molar refractivity (Wildman–Crippen MR) is 114 cm³/mol. The minimum atomic E-state index is 0.0657. The van der Waals surface area contributed by atoms with Crippen LogP contribution in [0, 0.1) is 12.3 Å². The number of nitrogens with zero attached hydrogens (tertiary/aromatic N) is 2. The first-order valence-corrected chi connectivity index (χ1v) is 9.94. The summed E-state index contributed by atoms with van der Waals surface area (Å²) in [6, 6.07) is 13.2. The molecule has 0 aliphatic heterocycles. The molecule has 0 atom stereocenters. The van der Waals surface area contributed by atoms with Crippen molar-refractivity contribution in [2.24, 2.45) is 5.41 Å². The summed E-state index contributed by atoms with van der Waals surface area (Å²) in [4.78, 5) is 4.98. The molecule has 0 spiro atoms. The molecule has 2 aromatic heterocycles. The Hall–Kier alpha value is -2.35. The maximum absolute atomic E-state index is 4.98. The summed E-state index contributed by atoms with van der Waals surface area (Å²) in [5.74, 6) is 0. The van der Waals surface area contributed by atoms with Gasteiger partial charge < -0.3 is 4.40 Å². The van der Waals surface area contributed by atoms with Crippen LogP contribution in [0.3, 0.4) is 0 Å². The number of rotatable bonds is 3. The number of aromatic nitrogens is 2. The van der Waals surface area contributed by atoms with E-state index in [1.807, 2.05) is 0 Å². The molecule has 2 nitrogen and oxygen atoms in total. The van der Waals surface area contributed by atoms with Crippen molar-refractivity contribution in [3.8, 4) is 0 Å². The SMILES string of the molecule is Cc1nc2c(CC(C)(C)C3=CCc4ccccc43)cccn2c1C(C)(C)C. The van der Waals surface area contributed by atoms with E-state index < -0.39 is 0 Å². The average Bonchev–Trinajstić information content (AvgIpc) is 3.15. The fraction of sp³-hybridized carbons (Fsp3) is 0.400. The van der Waals surface area contributed by atoms with E-state index in [1.165, 1.54) is 28.0 Å².